The summed E-state index contributed by atoms with van der Waals surface area (Å²) in [6, 6.07) is 0. The number of hydrogen-bond acceptors (Lipinski definition) is 3. The molecule has 0 bridgehead atoms. The van der Waals surface area contributed by atoms with E-state index in [-0.39, 0.29) is 11.9 Å². The highest BCUT2D eigenvalue weighted by Gasteiger charge is 2.26. The van der Waals surface area contributed by atoms with E-state index in [0.29, 0.717) is 6.61 Å². The first-order valence-electron chi connectivity index (χ1n) is 2.37. The Morgan fingerprint density at radius 3 is 2.38 bits per heavy atom. The van der Waals surface area contributed by atoms with E-state index in [0.717, 1.165) is 0 Å². The van der Waals surface area contributed by atoms with E-state index in [4.69, 9.17) is 4.74 Å². The van der Waals surface area contributed by atoms with Gasteiger partial charge in [-0.05, 0) is 0 Å². The molecule has 0 unspecified atom stereocenters. The quantitative estimate of drug-likeness (QED) is 0.477. The molecule has 0 aromatic heterocycles. The summed E-state index contributed by atoms with van der Waals surface area (Å²) in [5, 5.41) is 0. The van der Waals surface area contributed by atoms with E-state index in [2.05, 4.69) is 0 Å². The van der Waals surface area contributed by atoms with Crippen molar-refractivity contribution in [2.45, 2.75) is 6.10 Å². The van der Waals surface area contributed by atoms with Crippen LogP contribution >= 0.6 is 0 Å². The van der Waals surface area contributed by atoms with E-state index in [9.17, 15) is 8.42 Å². The van der Waals surface area contributed by atoms with Crippen molar-refractivity contribution in [3.05, 3.63) is 0 Å². The van der Waals surface area contributed by atoms with Gasteiger partial charge in [-0.15, -0.1) is 0 Å². The van der Waals surface area contributed by atoms with Crippen molar-refractivity contribution in [3.8, 4) is 0 Å². The molecule has 3 nitrogen and oxygen atoms in total. The number of epoxide rings is 1. The fourth-order valence-electron chi connectivity index (χ4n) is 0.502. The molecular weight excluding hydrogens is 128 g/mol. The Hall–Kier alpha value is -0.0900. The molecule has 0 N–H and O–H groups in total. The molecule has 0 radical (unpaired) electrons. The summed E-state index contributed by atoms with van der Waals surface area (Å²) in [6.07, 6.45) is 1.22. The smallest absolute Gasteiger partial charge is 0.150 e. The van der Waals surface area contributed by atoms with Crippen molar-refractivity contribution in [1.29, 1.82) is 0 Å². The summed E-state index contributed by atoms with van der Waals surface area (Å²) in [6.45, 7) is 0.618. The van der Waals surface area contributed by atoms with Gasteiger partial charge < -0.3 is 4.74 Å². The first-order chi connectivity index (χ1) is 3.58. The summed E-state index contributed by atoms with van der Waals surface area (Å²) in [5.41, 5.74) is 0. The van der Waals surface area contributed by atoms with Crippen LogP contribution < -0.4 is 0 Å². The molecule has 1 atom stereocenters. The lowest BCUT2D eigenvalue weighted by atomic mass is 10.6. The van der Waals surface area contributed by atoms with Crippen LogP contribution in [0.3, 0.4) is 0 Å². The van der Waals surface area contributed by atoms with Gasteiger partial charge >= 0.3 is 0 Å². The van der Waals surface area contributed by atoms with Gasteiger partial charge in [0, 0.05) is 6.26 Å². The molecule has 0 aromatic carbocycles. The third-order valence-corrected chi connectivity index (χ3v) is 1.87. The van der Waals surface area contributed by atoms with Gasteiger partial charge in [0.05, 0.1) is 18.5 Å². The second kappa shape index (κ2) is 1.70. The van der Waals surface area contributed by atoms with Gasteiger partial charge in [0.2, 0.25) is 0 Å². The Kier molecular flexibility index (Phi) is 1.28. The second-order valence-electron chi connectivity index (χ2n) is 2.05. The van der Waals surface area contributed by atoms with Crippen molar-refractivity contribution in [2.75, 3.05) is 18.6 Å². The summed E-state index contributed by atoms with van der Waals surface area (Å²) < 4.78 is 25.5. The van der Waals surface area contributed by atoms with Gasteiger partial charge in [-0.25, -0.2) is 8.42 Å². The number of sulfone groups is 1. The van der Waals surface area contributed by atoms with Crippen molar-refractivity contribution in [3.63, 3.8) is 0 Å². The Bertz CT molecular complexity index is 166. The molecule has 48 valence electrons. The molecule has 0 aliphatic carbocycles. The molecule has 1 aliphatic rings. The first-order valence-corrected chi connectivity index (χ1v) is 4.43. The predicted octanol–water partition coefficient (Wildman–Crippen LogP) is -0.570. The average molecular weight is 136 g/mol. The molecule has 1 aliphatic heterocycles. The van der Waals surface area contributed by atoms with Crippen LogP contribution in [0.1, 0.15) is 0 Å². The Balaban J connectivity index is 2.38. The zero-order valence-corrected chi connectivity index (χ0v) is 5.44. The molecule has 0 saturated carbocycles. The molecule has 4 heteroatoms. The zero-order valence-electron chi connectivity index (χ0n) is 4.62. The minimum Gasteiger partial charge on any atom is -0.372 e. The van der Waals surface area contributed by atoms with Crippen molar-refractivity contribution in [2.24, 2.45) is 0 Å². The van der Waals surface area contributed by atoms with E-state index in [1.54, 1.807) is 0 Å². The van der Waals surface area contributed by atoms with Gasteiger partial charge in [-0.2, -0.15) is 0 Å². The second-order valence-corrected chi connectivity index (χ2v) is 4.23. The van der Waals surface area contributed by atoms with Crippen LogP contribution in [0, 0.1) is 0 Å². The summed E-state index contributed by atoms with van der Waals surface area (Å²) in [5.74, 6) is 0.188. The molecule has 1 fully saturated rings. The van der Waals surface area contributed by atoms with Crippen LogP contribution in [-0.2, 0) is 14.6 Å². The maximum absolute atomic E-state index is 10.4. The van der Waals surface area contributed by atoms with Crippen LogP contribution in [-0.4, -0.2) is 33.1 Å². The Morgan fingerprint density at radius 2 is 2.25 bits per heavy atom. The van der Waals surface area contributed by atoms with Crippen LogP contribution in [0.5, 0.6) is 0 Å². The molecule has 1 heterocycles. The molecule has 1 rings (SSSR count). The molecule has 0 spiro atoms. The first kappa shape index (κ1) is 6.04. The molecule has 8 heavy (non-hydrogen) atoms. The third-order valence-electron chi connectivity index (χ3n) is 0.891. The van der Waals surface area contributed by atoms with Gasteiger partial charge in [-0.3, -0.25) is 0 Å². The largest absolute Gasteiger partial charge is 0.372 e. The highest BCUT2D eigenvalue weighted by Crippen LogP contribution is 2.10. The van der Waals surface area contributed by atoms with E-state index >= 15 is 0 Å². The fourth-order valence-corrected chi connectivity index (χ4v) is 1.37. The highest BCUT2D eigenvalue weighted by molar-refractivity contribution is 7.90. The standard InChI is InChI=1S/C4H8O3S/c1-8(5,6)3-4-2-7-4/h4H,2-3H2,1H3/t4-/m0/s1. The number of ether oxygens (including phenoxy) is 1. The van der Waals surface area contributed by atoms with Gasteiger partial charge in [0.25, 0.3) is 0 Å². The van der Waals surface area contributed by atoms with Crippen molar-refractivity contribution in [1.82, 2.24) is 0 Å². The van der Waals surface area contributed by atoms with E-state index in [1.807, 2.05) is 0 Å². The van der Waals surface area contributed by atoms with Crippen LogP contribution in [0.15, 0.2) is 0 Å². The number of hydrogen-bond donors (Lipinski definition) is 0. The van der Waals surface area contributed by atoms with Crippen molar-refractivity contribution < 1.29 is 13.2 Å². The summed E-state index contributed by atoms with van der Waals surface area (Å²) >= 11 is 0. The van der Waals surface area contributed by atoms with Gasteiger partial charge in [0.1, 0.15) is 9.84 Å². The normalized spacial score (nSPS) is 27.9. The van der Waals surface area contributed by atoms with Crippen LogP contribution in [0.25, 0.3) is 0 Å². The highest BCUT2D eigenvalue weighted by atomic mass is 32.2. The number of rotatable bonds is 2. The lowest BCUT2D eigenvalue weighted by Gasteiger charge is -1.87. The lowest BCUT2D eigenvalue weighted by Crippen LogP contribution is -2.08. The maximum atomic E-state index is 10.4. The van der Waals surface area contributed by atoms with E-state index < -0.39 is 9.84 Å². The third kappa shape index (κ3) is 2.28. The monoisotopic (exact) mass is 136 g/mol. The minimum atomic E-state index is -2.79. The lowest BCUT2D eigenvalue weighted by molar-refractivity contribution is 0.423. The zero-order chi connectivity index (χ0) is 6.20. The molecular formula is C4H8O3S. The maximum Gasteiger partial charge on any atom is 0.150 e. The fraction of sp³-hybridized carbons (Fsp3) is 1.00. The topological polar surface area (TPSA) is 46.7 Å². The molecule has 0 aromatic rings. The van der Waals surface area contributed by atoms with Gasteiger partial charge in [-0.1, -0.05) is 0 Å². The van der Waals surface area contributed by atoms with Crippen LogP contribution in [0.4, 0.5) is 0 Å². The Labute approximate surface area is 48.6 Å². The average Bonchev–Trinajstić information content (AvgIpc) is 2.12. The van der Waals surface area contributed by atoms with Gasteiger partial charge in [0.15, 0.2) is 0 Å². The summed E-state index contributed by atoms with van der Waals surface area (Å²) in [4.78, 5) is 0. The molecule has 1 saturated heterocycles. The predicted molar refractivity (Wildman–Crippen MR) is 29.5 cm³/mol. The Morgan fingerprint density at radius 1 is 1.75 bits per heavy atom. The van der Waals surface area contributed by atoms with Crippen LogP contribution in [0.2, 0.25) is 0 Å². The van der Waals surface area contributed by atoms with Crippen molar-refractivity contribution >= 4 is 9.84 Å². The van der Waals surface area contributed by atoms with E-state index in [1.165, 1.54) is 6.26 Å². The minimum absolute atomic E-state index is 0.00463. The SMILES string of the molecule is CS(=O)(=O)C[C@@H]1CO1. The molecule has 0 amide bonds. The summed E-state index contributed by atoms with van der Waals surface area (Å²) in [7, 11) is -2.79.